The van der Waals surface area contributed by atoms with E-state index in [0.29, 0.717) is 37.8 Å². The van der Waals surface area contributed by atoms with Crippen LogP contribution in [0.15, 0.2) is 36.5 Å². The fraction of sp³-hybridized carbons (Fsp3) is 0.316. The third-order valence-corrected chi connectivity index (χ3v) is 4.48. The monoisotopic (exact) mass is 359 g/mol. The number of aryl methyl sites for hydroxylation is 1. The third kappa shape index (κ3) is 4.04. The fourth-order valence-corrected chi connectivity index (χ4v) is 3.01. The Morgan fingerprint density at radius 2 is 1.88 bits per heavy atom. The quantitative estimate of drug-likeness (QED) is 0.916. The second-order valence-corrected chi connectivity index (χ2v) is 6.40. The summed E-state index contributed by atoms with van der Waals surface area (Å²) in [5.74, 6) is -1.95. The number of nitrogens with one attached hydrogen (secondary N) is 1. The van der Waals surface area contributed by atoms with Crippen LogP contribution in [-0.4, -0.2) is 34.8 Å². The molecule has 1 saturated heterocycles. The van der Waals surface area contributed by atoms with Crippen LogP contribution < -0.4 is 5.32 Å². The molecule has 7 heteroatoms. The SMILES string of the molecule is Cc1ccnc(NC(=O)C2CCN(C(=O)c3ccc(F)cc3F)CC2)c1. The van der Waals surface area contributed by atoms with E-state index < -0.39 is 17.5 Å². The van der Waals surface area contributed by atoms with Gasteiger partial charge in [-0.2, -0.15) is 0 Å². The van der Waals surface area contributed by atoms with Gasteiger partial charge in [-0.1, -0.05) is 0 Å². The van der Waals surface area contributed by atoms with Gasteiger partial charge in [-0.25, -0.2) is 13.8 Å². The second kappa shape index (κ2) is 7.59. The van der Waals surface area contributed by atoms with E-state index in [0.717, 1.165) is 17.7 Å². The summed E-state index contributed by atoms with van der Waals surface area (Å²) in [6.07, 6.45) is 2.59. The molecule has 0 aliphatic carbocycles. The molecule has 5 nitrogen and oxygen atoms in total. The summed E-state index contributed by atoms with van der Waals surface area (Å²) in [6, 6.07) is 6.53. The molecule has 1 aromatic heterocycles. The first kappa shape index (κ1) is 18.0. The summed E-state index contributed by atoms with van der Waals surface area (Å²) in [6.45, 7) is 2.60. The van der Waals surface area contributed by atoms with Crippen LogP contribution in [0.3, 0.4) is 0 Å². The summed E-state index contributed by atoms with van der Waals surface area (Å²) in [5, 5.41) is 2.79. The lowest BCUT2D eigenvalue weighted by Gasteiger charge is -2.31. The van der Waals surface area contributed by atoms with Gasteiger partial charge in [0.15, 0.2) is 0 Å². The van der Waals surface area contributed by atoms with Gasteiger partial charge in [0.25, 0.3) is 5.91 Å². The Labute approximate surface area is 150 Å². The van der Waals surface area contributed by atoms with E-state index in [-0.39, 0.29) is 17.4 Å². The van der Waals surface area contributed by atoms with Gasteiger partial charge in [-0.05, 0) is 49.6 Å². The van der Waals surface area contributed by atoms with Crippen LogP contribution in [0.2, 0.25) is 0 Å². The maximum Gasteiger partial charge on any atom is 0.256 e. The van der Waals surface area contributed by atoms with Gasteiger partial charge in [-0.15, -0.1) is 0 Å². The lowest BCUT2D eigenvalue weighted by molar-refractivity contribution is -0.121. The highest BCUT2D eigenvalue weighted by atomic mass is 19.1. The molecule has 1 aliphatic rings. The van der Waals surface area contributed by atoms with Gasteiger partial charge < -0.3 is 10.2 Å². The second-order valence-electron chi connectivity index (χ2n) is 6.40. The zero-order valence-electron chi connectivity index (χ0n) is 14.3. The van der Waals surface area contributed by atoms with E-state index in [1.54, 1.807) is 12.3 Å². The Hall–Kier alpha value is -2.83. The van der Waals surface area contributed by atoms with Crippen molar-refractivity contribution in [3.05, 3.63) is 59.3 Å². The number of carbonyl (C=O) groups is 2. The molecule has 26 heavy (non-hydrogen) atoms. The number of rotatable bonds is 3. The van der Waals surface area contributed by atoms with Crippen molar-refractivity contribution in [1.82, 2.24) is 9.88 Å². The van der Waals surface area contributed by atoms with E-state index >= 15 is 0 Å². The molecule has 1 fully saturated rings. The molecular weight excluding hydrogens is 340 g/mol. The largest absolute Gasteiger partial charge is 0.339 e. The smallest absolute Gasteiger partial charge is 0.256 e. The van der Waals surface area contributed by atoms with Crippen molar-refractivity contribution in [2.45, 2.75) is 19.8 Å². The topological polar surface area (TPSA) is 62.3 Å². The number of benzene rings is 1. The number of halogens is 2. The molecule has 1 aromatic carbocycles. The van der Waals surface area contributed by atoms with Crippen LogP contribution >= 0.6 is 0 Å². The summed E-state index contributed by atoms with van der Waals surface area (Å²) in [7, 11) is 0. The lowest BCUT2D eigenvalue weighted by Crippen LogP contribution is -2.41. The van der Waals surface area contributed by atoms with Gasteiger partial charge >= 0.3 is 0 Å². The van der Waals surface area contributed by atoms with Crippen LogP contribution in [-0.2, 0) is 4.79 Å². The van der Waals surface area contributed by atoms with Crippen molar-refractivity contribution >= 4 is 17.6 Å². The Morgan fingerprint density at radius 3 is 2.54 bits per heavy atom. The summed E-state index contributed by atoms with van der Waals surface area (Å²) in [4.78, 5) is 30.3. The van der Waals surface area contributed by atoms with Crippen molar-refractivity contribution in [2.75, 3.05) is 18.4 Å². The minimum Gasteiger partial charge on any atom is -0.339 e. The molecule has 0 radical (unpaired) electrons. The predicted octanol–water partition coefficient (Wildman–Crippen LogP) is 3.16. The first-order valence-corrected chi connectivity index (χ1v) is 8.42. The molecule has 0 spiro atoms. The van der Waals surface area contributed by atoms with Gasteiger partial charge in [0, 0.05) is 31.3 Å². The molecule has 0 atom stereocenters. The predicted molar refractivity (Wildman–Crippen MR) is 92.6 cm³/mol. The van der Waals surface area contributed by atoms with E-state index in [9.17, 15) is 18.4 Å². The minimum atomic E-state index is -0.875. The van der Waals surface area contributed by atoms with E-state index in [1.165, 1.54) is 4.90 Å². The number of likely N-dealkylation sites (tertiary alicyclic amines) is 1. The van der Waals surface area contributed by atoms with Crippen LogP contribution in [0.1, 0.15) is 28.8 Å². The van der Waals surface area contributed by atoms with Crippen LogP contribution in [0.25, 0.3) is 0 Å². The molecular formula is C19H19F2N3O2. The van der Waals surface area contributed by atoms with Gasteiger partial charge in [0.05, 0.1) is 5.56 Å². The fourth-order valence-electron chi connectivity index (χ4n) is 3.01. The van der Waals surface area contributed by atoms with Crippen LogP contribution in [0, 0.1) is 24.5 Å². The first-order chi connectivity index (χ1) is 12.4. The molecule has 1 aliphatic heterocycles. The Morgan fingerprint density at radius 1 is 1.15 bits per heavy atom. The first-order valence-electron chi connectivity index (χ1n) is 8.42. The van der Waals surface area contributed by atoms with Crippen molar-refractivity contribution in [3.63, 3.8) is 0 Å². The van der Waals surface area contributed by atoms with Crippen molar-refractivity contribution in [2.24, 2.45) is 5.92 Å². The zero-order valence-corrected chi connectivity index (χ0v) is 14.3. The lowest BCUT2D eigenvalue weighted by atomic mass is 9.95. The normalized spacial score (nSPS) is 15.0. The maximum absolute atomic E-state index is 13.8. The number of anilines is 1. The highest BCUT2D eigenvalue weighted by Gasteiger charge is 2.29. The highest BCUT2D eigenvalue weighted by Crippen LogP contribution is 2.22. The van der Waals surface area contributed by atoms with Crippen molar-refractivity contribution in [1.29, 1.82) is 0 Å². The Kier molecular flexibility index (Phi) is 5.25. The number of carbonyl (C=O) groups excluding carboxylic acids is 2. The Balaban J connectivity index is 1.58. The standard InChI is InChI=1S/C19H19F2N3O2/c1-12-4-7-22-17(10-12)23-18(25)13-5-8-24(9-6-13)19(26)15-3-2-14(20)11-16(15)21/h2-4,7,10-11,13H,5-6,8-9H2,1H3,(H,22,23,25). The van der Waals surface area contributed by atoms with E-state index in [1.807, 2.05) is 13.0 Å². The molecule has 0 bridgehead atoms. The number of piperidine rings is 1. The molecule has 1 N–H and O–H groups in total. The molecule has 2 heterocycles. The average molecular weight is 359 g/mol. The number of aromatic nitrogens is 1. The highest BCUT2D eigenvalue weighted by molar-refractivity contribution is 5.95. The van der Waals surface area contributed by atoms with Crippen LogP contribution in [0.5, 0.6) is 0 Å². The molecule has 2 aromatic rings. The molecule has 0 unspecified atom stereocenters. The van der Waals surface area contributed by atoms with Crippen LogP contribution in [0.4, 0.5) is 14.6 Å². The number of nitrogens with zero attached hydrogens (tertiary/aromatic N) is 2. The number of pyridine rings is 1. The van der Waals surface area contributed by atoms with E-state index in [4.69, 9.17) is 0 Å². The van der Waals surface area contributed by atoms with Crippen molar-refractivity contribution in [3.8, 4) is 0 Å². The van der Waals surface area contributed by atoms with Crippen molar-refractivity contribution < 1.29 is 18.4 Å². The number of hydrogen-bond acceptors (Lipinski definition) is 3. The third-order valence-electron chi connectivity index (χ3n) is 4.48. The molecule has 0 saturated carbocycles. The van der Waals surface area contributed by atoms with E-state index in [2.05, 4.69) is 10.3 Å². The summed E-state index contributed by atoms with van der Waals surface area (Å²) < 4.78 is 26.8. The minimum absolute atomic E-state index is 0.136. The number of amides is 2. The van der Waals surface area contributed by atoms with Gasteiger partial charge in [0.1, 0.15) is 17.5 Å². The molecule has 136 valence electrons. The zero-order chi connectivity index (χ0) is 18.7. The molecule has 2 amide bonds. The maximum atomic E-state index is 13.8. The summed E-state index contributed by atoms with van der Waals surface area (Å²) in [5.41, 5.74) is 0.843. The van der Waals surface area contributed by atoms with Gasteiger partial charge in [-0.3, -0.25) is 9.59 Å². The average Bonchev–Trinajstić information content (AvgIpc) is 2.61. The summed E-state index contributed by atoms with van der Waals surface area (Å²) >= 11 is 0. The number of hydrogen-bond donors (Lipinski definition) is 1. The van der Waals surface area contributed by atoms with Gasteiger partial charge in [0.2, 0.25) is 5.91 Å². The molecule has 3 rings (SSSR count). The Bertz CT molecular complexity index is 833.